The second-order valence-corrected chi connectivity index (χ2v) is 14.4. The van der Waals surface area contributed by atoms with E-state index < -0.39 is 10.0 Å². The van der Waals surface area contributed by atoms with Crippen LogP contribution in [0.5, 0.6) is 0 Å². The molecule has 2 aromatic carbocycles. The molecule has 2 saturated heterocycles. The van der Waals surface area contributed by atoms with E-state index in [4.69, 9.17) is 22.1 Å². The van der Waals surface area contributed by atoms with Crippen LogP contribution >= 0.6 is 24.0 Å². The molecule has 6 rings (SSSR count). The third-order valence-electron chi connectivity index (χ3n) is 7.69. The van der Waals surface area contributed by atoms with E-state index in [9.17, 15) is 13.2 Å². The molecule has 3 heterocycles. The van der Waals surface area contributed by atoms with Gasteiger partial charge in [-0.15, -0.1) is 0 Å². The van der Waals surface area contributed by atoms with Crippen LogP contribution in [0.3, 0.4) is 0 Å². The van der Waals surface area contributed by atoms with Crippen molar-refractivity contribution in [3.05, 3.63) is 71.3 Å². The molecule has 2 unspecified atom stereocenters. The summed E-state index contributed by atoms with van der Waals surface area (Å²) >= 11 is 6.93. The van der Waals surface area contributed by atoms with Gasteiger partial charge in [-0.1, -0.05) is 67.2 Å². The van der Waals surface area contributed by atoms with E-state index in [0.29, 0.717) is 39.1 Å². The van der Waals surface area contributed by atoms with Crippen molar-refractivity contribution in [3.63, 3.8) is 0 Å². The predicted octanol–water partition coefficient (Wildman–Crippen LogP) is 5.48. The summed E-state index contributed by atoms with van der Waals surface area (Å²) < 4.78 is 36.9. The average molecular weight is 609 g/mol. The summed E-state index contributed by atoms with van der Waals surface area (Å²) in [5.41, 5.74) is 2.80. The Labute approximate surface area is 250 Å². The van der Waals surface area contributed by atoms with Crippen molar-refractivity contribution in [3.8, 4) is 16.9 Å². The Bertz CT molecular complexity index is 1600. The molecule has 3 aromatic rings. The van der Waals surface area contributed by atoms with Crippen LogP contribution in [0.15, 0.2) is 70.6 Å². The molecule has 8 nitrogen and oxygen atoms in total. The van der Waals surface area contributed by atoms with Gasteiger partial charge in [0.15, 0.2) is 0 Å². The molecule has 0 spiro atoms. The number of ether oxygens (including phenoxy) is 1. The smallest absolute Gasteiger partial charge is 0.266 e. The highest BCUT2D eigenvalue weighted by molar-refractivity contribution is 8.26. The van der Waals surface area contributed by atoms with Crippen molar-refractivity contribution >= 4 is 50.3 Å². The number of thioether (sulfide) groups is 1. The molecule has 0 radical (unpaired) electrons. The van der Waals surface area contributed by atoms with Crippen molar-refractivity contribution in [1.82, 2.24) is 19.0 Å². The van der Waals surface area contributed by atoms with Gasteiger partial charge in [0.1, 0.15) is 10.0 Å². The summed E-state index contributed by atoms with van der Waals surface area (Å²) in [5.74, 6) is -0.0720. The first-order valence-corrected chi connectivity index (χ1v) is 16.6. The van der Waals surface area contributed by atoms with Crippen LogP contribution in [0, 0.1) is 0 Å². The van der Waals surface area contributed by atoms with E-state index in [0.717, 1.165) is 31.4 Å². The van der Waals surface area contributed by atoms with Gasteiger partial charge >= 0.3 is 0 Å². The number of carbonyl (C=O) groups excluding carboxylic acids is 1. The molecule has 1 aromatic heterocycles. The Morgan fingerprint density at radius 1 is 1.02 bits per heavy atom. The van der Waals surface area contributed by atoms with Crippen LogP contribution in [-0.4, -0.2) is 69.0 Å². The van der Waals surface area contributed by atoms with E-state index in [2.05, 4.69) is 0 Å². The molecule has 1 amide bonds. The summed E-state index contributed by atoms with van der Waals surface area (Å²) in [4.78, 5) is 16.0. The highest BCUT2D eigenvalue weighted by atomic mass is 32.2. The first-order chi connectivity index (χ1) is 19.7. The van der Waals surface area contributed by atoms with Crippen molar-refractivity contribution in [2.45, 2.75) is 62.7 Å². The van der Waals surface area contributed by atoms with Crippen LogP contribution in [0.4, 0.5) is 0 Å². The van der Waals surface area contributed by atoms with Crippen LogP contribution < -0.4 is 0 Å². The molecule has 214 valence electrons. The van der Waals surface area contributed by atoms with Crippen molar-refractivity contribution in [2.24, 2.45) is 0 Å². The van der Waals surface area contributed by atoms with E-state index in [1.807, 2.05) is 62.5 Å². The first-order valence-electron chi connectivity index (χ1n) is 13.9. The zero-order valence-electron chi connectivity index (χ0n) is 23.0. The highest BCUT2D eigenvalue weighted by Crippen LogP contribution is 2.39. The lowest BCUT2D eigenvalue weighted by Crippen LogP contribution is -2.48. The van der Waals surface area contributed by atoms with Gasteiger partial charge in [0.25, 0.3) is 5.91 Å². The second-order valence-electron chi connectivity index (χ2n) is 10.8. The van der Waals surface area contributed by atoms with Crippen LogP contribution in [0.1, 0.15) is 45.1 Å². The van der Waals surface area contributed by atoms with Crippen LogP contribution in [0.25, 0.3) is 23.0 Å². The second kappa shape index (κ2) is 11.4. The van der Waals surface area contributed by atoms with Crippen molar-refractivity contribution < 1.29 is 17.9 Å². The number of hydrogen-bond acceptors (Lipinski definition) is 7. The summed E-state index contributed by atoms with van der Waals surface area (Å²) in [6.07, 6.45) is 7.49. The van der Waals surface area contributed by atoms with Gasteiger partial charge in [-0.05, 0) is 57.0 Å². The number of carbonyl (C=O) groups is 1. The predicted molar refractivity (Wildman–Crippen MR) is 165 cm³/mol. The molecule has 1 aliphatic carbocycles. The molecule has 3 fully saturated rings. The fraction of sp³-hybridized carbons (Fsp3) is 0.367. The molecule has 2 atom stereocenters. The number of para-hydroxylation sites is 1. The lowest BCUT2D eigenvalue weighted by molar-refractivity contribution is -0.123. The first kappa shape index (κ1) is 28.3. The fourth-order valence-corrected chi connectivity index (χ4v) is 8.84. The number of thiocarbonyl (C=S) groups is 1. The molecular formula is C30H32N4O4S3. The number of amides is 1. The normalized spacial score (nSPS) is 23.7. The largest absolute Gasteiger partial charge is 0.373 e. The van der Waals surface area contributed by atoms with Gasteiger partial charge in [-0.25, -0.2) is 13.1 Å². The van der Waals surface area contributed by atoms with Gasteiger partial charge < -0.3 is 4.74 Å². The standard InChI is InChI=1S/C30H32N4O4S3/c1-20-17-32(18-21(2)38-20)41(36,37)26-14-8-9-22(15-26)28-23(19-33(31-28)24-10-4-3-5-11-24)16-27-29(35)34(30(39)40-27)25-12-6-7-13-25/h3-5,8-11,14-16,19-21,25H,6-7,12-13,17-18H2,1-2H3/b27-16-. The van der Waals surface area contributed by atoms with Gasteiger partial charge in [-0.3, -0.25) is 9.69 Å². The minimum Gasteiger partial charge on any atom is -0.373 e. The molecule has 1 saturated carbocycles. The number of hydrogen-bond donors (Lipinski definition) is 0. The van der Waals surface area contributed by atoms with Crippen LogP contribution in [0.2, 0.25) is 0 Å². The van der Waals surface area contributed by atoms with E-state index in [1.165, 1.54) is 16.1 Å². The van der Waals surface area contributed by atoms with E-state index in [-0.39, 0.29) is 29.1 Å². The maximum Gasteiger partial charge on any atom is 0.266 e. The third kappa shape index (κ3) is 5.65. The zero-order chi connectivity index (χ0) is 28.7. The lowest BCUT2D eigenvalue weighted by atomic mass is 10.1. The number of rotatable bonds is 6. The van der Waals surface area contributed by atoms with Crippen LogP contribution in [-0.2, 0) is 19.6 Å². The maximum absolute atomic E-state index is 13.7. The summed E-state index contributed by atoms with van der Waals surface area (Å²) in [6, 6.07) is 16.7. The van der Waals surface area contributed by atoms with Gasteiger partial charge in [0.2, 0.25) is 10.0 Å². The number of sulfonamides is 1. The van der Waals surface area contributed by atoms with Gasteiger partial charge in [-0.2, -0.15) is 9.40 Å². The molecule has 41 heavy (non-hydrogen) atoms. The maximum atomic E-state index is 13.7. The van der Waals surface area contributed by atoms with Crippen molar-refractivity contribution in [2.75, 3.05) is 13.1 Å². The van der Waals surface area contributed by atoms with Gasteiger partial charge in [0, 0.05) is 36.5 Å². The third-order valence-corrected chi connectivity index (χ3v) is 10.9. The Hall–Kier alpha value is -2.83. The van der Waals surface area contributed by atoms with E-state index in [1.54, 1.807) is 27.8 Å². The summed E-state index contributed by atoms with van der Waals surface area (Å²) in [7, 11) is -3.75. The Morgan fingerprint density at radius 3 is 2.44 bits per heavy atom. The van der Waals surface area contributed by atoms with Gasteiger partial charge in [0.05, 0.1) is 27.7 Å². The minimum absolute atomic E-state index is 0.0720. The molecule has 3 aliphatic rings. The number of morpholine rings is 1. The summed E-state index contributed by atoms with van der Waals surface area (Å²) in [6.45, 7) is 4.36. The monoisotopic (exact) mass is 608 g/mol. The zero-order valence-corrected chi connectivity index (χ0v) is 25.4. The number of aromatic nitrogens is 2. The quantitative estimate of drug-likeness (QED) is 0.271. The lowest BCUT2D eigenvalue weighted by Gasteiger charge is -2.34. The average Bonchev–Trinajstić information content (AvgIpc) is 3.69. The Balaban J connectivity index is 1.40. The number of nitrogens with zero attached hydrogens (tertiary/aromatic N) is 4. The molecular weight excluding hydrogens is 577 g/mol. The highest BCUT2D eigenvalue weighted by Gasteiger charge is 2.38. The topological polar surface area (TPSA) is 84.7 Å². The number of benzene rings is 2. The molecule has 11 heteroatoms. The molecule has 2 aliphatic heterocycles. The molecule has 0 bridgehead atoms. The Kier molecular flexibility index (Phi) is 7.90. The van der Waals surface area contributed by atoms with E-state index >= 15 is 0 Å². The van der Waals surface area contributed by atoms with Crippen molar-refractivity contribution in [1.29, 1.82) is 0 Å². The fourth-order valence-electron chi connectivity index (χ4n) is 5.81. The summed E-state index contributed by atoms with van der Waals surface area (Å²) in [5, 5.41) is 4.87. The molecule has 0 N–H and O–H groups in total. The Morgan fingerprint density at radius 2 is 1.73 bits per heavy atom. The SMILES string of the molecule is CC1CN(S(=O)(=O)c2cccc(-c3nn(-c4ccccc4)cc3/C=C3\SC(=S)N(C4CCCC4)C3=O)c2)CC(C)O1. The minimum atomic E-state index is -3.75.